The lowest BCUT2D eigenvalue weighted by atomic mass is 10.0. The third-order valence-electron chi connectivity index (χ3n) is 5.62. The van der Waals surface area contributed by atoms with Crippen LogP contribution >= 0.6 is 0 Å². The molecule has 0 spiro atoms. The van der Waals surface area contributed by atoms with Gasteiger partial charge in [0, 0.05) is 24.2 Å². The smallest absolute Gasteiger partial charge is 0.261 e. The van der Waals surface area contributed by atoms with Gasteiger partial charge in [-0.2, -0.15) is 0 Å². The van der Waals surface area contributed by atoms with E-state index in [4.69, 9.17) is 9.47 Å². The number of fused-ring (bicyclic) bond motifs is 1. The Morgan fingerprint density at radius 1 is 1.24 bits per heavy atom. The number of likely N-dealkylation sites (N-methyl/N-ethyl adjacent to an activating group) is 1. The van der Waals surface area contributed by atoms with Gasteiger partial charge in [-0.05, 0) is 38.6 Å². The molecule has 1 fully saturated rings. The molecule has 4 rings (SSSR count). The second-order valence-electron chi connectivity index (χ2n) is 7.67. The predicted octanol–water partition coefficient (Wildman–Crippen LogP) is 3.01. The summed E-state index contributed by atoms with van der Waals surface area (Å²) in [6.45, 7) is 2.01. The van der Waals surface area contributed by atoms with Gasteiger partial charge in [0.1, 0.15) is 23.9 Å². The number of ether oxygens (including phenoxy) is 2. The van der Waals surface area contributed by atoms with Crippen molar-refractivity contribution in [3.8, 4) is 11.6 Å². The molecule has 3 heterocycles. The van der Waals surface area contributed by atoms with Gasteiger partial charge < -0.3 is 19.3 Å². The second kappa shape index (κ2) is 8.78. The summed E-state index contributed by atoms with van der Waals surface area (Å²) in [4.78, 5) is 20.9. The quantitative estimate of drug-likeness (QED) is 0.774. The van der Waals surface area contributed by atoms with Gasteiger partial charge in [0.15, 0.2) is 6.61 Å². The van der Waals surface area contributed by atoms with Crippen LogP contribution < -0.4 is 9.47 Å². The molecule has 6 nitrogen and oxygen atoms in total. The van der Waals surface area contributed by atoms with Crippen molar-refractivity contribution in [3.05, 3.63) is 53.5 Å². The van der Waals surface area contributed by atoms with Crippen LogP contribution in [0.5, 0.6) is 11.6 Å². The molecule has 1 saturated heterocycles. The number of amides is 1. The Morgan fingerprint density at radius 3 is 2.93 bits per heavy atom. The number of carbonyl (C=O) groups is 1. The van der Waals surface area contributed by atoms with Crippen LogP contribution in [0.1, 0.15) is 30.5 Å². The Kier molecular flexibility index (Phi) is 5.94. The number of pyridine rings is 1. The number of carbonyl (C=O) groups excluding carboxylic acids is 1. The van der Waals surface area contributed by atoms with Crippen LogP contribution in [0.3, 0.4) is 0 Å². The Hall–Kier alpha value is -2.67. The van der Waals surface area contributed by atoms with Crippen molar-refractivity contribution in [3.63, 3.8) is 0 Å². The maximum atomic E-state index is 14.0. The first kappa shape index (κ1) is 19.6. The van der Waals surface area contributed by atoms with E-state index in [2.05, 4.69) is 16.9 Å². The first-order valence-corrected chi connectivity index (χ1v) is 10.1. The van der Waals surface area contributed by atoms with E-state index >= 15 is 0 Å². The van der Waals surface area contributed by atoms with E-state index in [0.29, 0.717) is 35.5 Å². The van der Waals surface area contributed by atoms with Crippen molar-refractivity contribution < 1.29 is 18.7 Å². The van der Waals surface area contributed by atoms with Crippen LogP contribution in [-0.2, 0) is 17.9 Å². The predicted molar refractivity (Wildman–Crippen MR) is 106 cm³/mol. The molecule has 154 valence electrons. The van der Waals surface area contributed by atoms with E-state index in [9.17, 15) is 9.18 Å². The number of hydrogen-bond acceptors (Lipinski definition) is 5. The lowest BCUT2D eigenvalue weighted by molar-refractivity contribution is -0.133. The molecule has 1 aromatic heterocycles. The first-order valence-electron chi connectivity index (χ1n) is 10.1. The Bertz CT molecular complexity index is 876. The first-order chi connectivity index (χ1) is 14.1. The molecule has 1 unspecified atom stereocenters. The fourth-order valence-electron chi connectivity index (χ4n) is 3.81. The summed E-state index contributed by atoms with van der Waals surface area (Å²) in [5, 5.41) is 0. The van der Waals surface area contributed by atoms with Crippen molar-refractivity contribution >= 4 is 5.91 Å². The lowest BCUT2D eigenvalue weighted by Gasteiger charge is -2.32. The highest BCUT2D eigenvalue weighted by Gasteiger charge is 2.25. The zero-order chi connectivity index (χ0) is 20.2. The van der Waals surface area contributed by atoms with Gasteiger partial charge in [-0.1, -0.05) is 24.6 Å². The summed E-state index contributed by atoms with van der Waals surface area (Å²) in [5.41, 5.74) is 1.10. The Morgan fingerprint density at radius 2 is 2.10 bits per heavy atom. The van der Waals surface area contributed by atoms with E-state index in [1.165, 1.54) is 18.9 Å². The molecule has 7 heteroatoms. The maximum absolute atomic E-state index is 14.0. The molecule has 29 heavy (non-hydrogen) atoms. The summed E-state index contributed by atoms with van der Waals surface area (Å²) >= 11 is 0. The summed E-state index contributed by atoms with van der Waals surface area (Å²) in [6.07, 6.45) is 3.57. The summed E-state index contributed by atoms with van der Waals surface area (Å²) in [7, 11) is 2.12. The molecule has 1 aromatic carbocycles. The number of benzene rings is 1. The molecule has 0 saturated carbocycles. The average molecular weight is 399 g/mol. The number of nitrogens with zero attached hydrogens (tertiary/aromatic N) is 3. The van der Waals surface area contributed by atoms with Crippen LogP contribution in [0, 0.1) is 5.82 Å². The number of aromatic nitrogens is 1. The minimum absolute atomic E-state index is 0.0871. The topological polar surface area (TPSA) is 54.9 Å². The van der Waals surface area contributed by atoms with Gasteiger partial charge in [-0.15, -0.1) is 0 Å². The fourth-order valence-corrected chi connectivity index (χ4v) is 3.81. The molecular weight excluding hydrogens is 373 g/mol. The van der Waals surface area contributed by atoms with E-state index in [-0.39, 0.29) is 31.4 Å². The summed E-state index contributed by atoms with van der Waals surface area (Å²) in [5.74, 6) is 0.563. The molecular formula is C22H26FN3O3. The van der Waals surface area contributed by atoms with Gasteiger partial charge in [-0.25, -0.2) is 9.37 Å². The van der Waals surface area contributed by atoms with Crippen molar-refractivity contribution in [1.29, 1.82) is 0 Å². The van der Waals surface area contributed by atoms with Gasteiger partial charge in [0.05, 0.1) is 6.54 Å². The van der Waals surface area contributed by atoms with Crippen LogP contribution in [0.2, 0.25) is 0 Å². The summed E-state index contributed by atoms with van der Waals surface area (Å²) in [6, 6.07) is 10.4. The van der Waals surface area contributed by atoms with Crippen molar-refractivity contribution in [2.45, 2.75) is 38.4 Å². The number of likely N-dealkylation sites (tertiary alicyclic amines) is 1. The van der Waals surface area contributed by atoms with Crippen LogP contribution in [-0.4, -0.2) is 53.5 Å². The van der Waals surface area contributed by atoms with Gasteiger partial charge >= 0.3 is 0 Å². The molecule has 0 radical (unpaired) electrons. The number of halogens is 1. The third-order valence-corrected chi connectivity index (χ3v) is 5.62. The van der Waals surface area contributed by atoms with Crippen LogP contribution in [0.25, 0.3) is 0 Å². The third kappa shape index (κ3) is 4.67. The number of hydrogen-bond donors (Lipinski definition) is 0. The zero-order valence-corrected chi connectivity index (χ0v) is 16.6. The molecule has 2 aliphatic rings. The van der Waals surface area contributed by atoms with E-state index in [1.54, 1.807) is 35.2 Å². The van der Waals surface area contributed by atoms with Crippen molar-refractivity contribution in [1.82, 2.24) is 14.8 Å². The average Bonchev–Trinajstić information content (AvgIpc) is 2.88. The number of piperidine rings is 1. The Balaban J connectivity index is 1.46. The monoisotopic (exact) mass is 399 g/mol. The summed E-state index contributed by atoms with van der Waals surface area (Å²) < 4.78 is 25.6. The normalized spacial score (nSPS) is 20.0. The van der Waals surface area contributed by atoms with Gasteiger partial charge in [-0.3, -0.25) is 4.79 Å². The second-order valence-corrected chi connectivity index (χ2v) is 7.67. The van der Waals surface area contributed by atoms with E-state index in [0.717, 1.165) is 13.0 Å². The minimum Gasteiger partial charge on any atom is -0.482 e. The highest BCUT2D eigenvalue weighted by molar-refractivity contribution is 5.78. The minimum atomic E-state index is -0.327. The SMILES string of the molecule is CN1CCCCC1COc1ccc2c(n1)CN(Cc1ccccc1F)C(=O)CO2. The van der Waals surface area contributed by atoms with E-state index in [1.807, 2.05) is 0 Å². The fraction of sp³-hybridized carbons (Fsp3) is 0.455. The van der Waals surface area contributed by atoms with Crippen molar-refractivity contribution in [2.75, 3.05) is 26.8 Å². The number of rotatable bonds is 5. The molecule has 2 aromatic rings. The molecule has 2 aliphatic heterocycles. The maximum Gasteiger partial charge on any atom is 0.261 e. The molecule has 1 amide bonds. The molecule has 0 aliphatic carbocycles. The van der Waals surface area contributed by atoms with Crippen LogP contribution in [0.4, 0.5) is 4.39 Å². The molecule has 0 bridgehead atoms. The Labute approximate surface area is 170 Å². The standard InChI is InChI=1S/C22H26FN3O3/c1-25-11-5-4-7-17(25)14-29-21-10-9-20-19(24-21)13-26(22(27)15-28-20)12-16-6-2-3-8-18(16)23/h2-3,6,8-10,17H,4-5,7,11-15H2,1H3. The molecule has 0 N–H and O–H groups in total. The van der Waals surface area contributed by atoms with Crippen molar-refractivity contribution in [2.24, 2.45) is 0 Å². The highest BCUT2D eigenvalue weighted by atomic mass is 19.1. The molecule has 1 atom stereocenters. The van der Waals surface area contributed by atoms with Crippen LogP contribution in [0.15, 0.2) is 36.4 Å². The van der Waals surface area contributed by atoms with Gasteiger partial charge in [0.2, 0.25) is 5.88 Å². The highest BCUT2D eigenvalue weighted by Crippen LogP contribution is 2.26. The lowest BCUT2D eigenvalue weighted by Crippen LogP contribution is -2.40. The van der Waals surface area contributed by atoms with Gasteiger partial charge in [0.25, 0.3) is 5.91 Å². The largest absolute Gasteiger partial charge is 0.482 e. The zero-order valence-electron chi connectivity index (χ0n) is 16.6. The van der Waals surface area contributed by atoms with E-state index < -0.39 is 0 Å².